The second-order valence-electron chi connectivity index (χ2n) is 5.07. The van der Waals surface area contributed by atoms with Crippen molar-refractivity contribution in [2.24, 2.45) is 0 Å². The molecule has 20 heavy (non-hydrogen) atoms. The van der Waals surface area contributed by atoms with Gasteiger partial charge in [0, 0.05) is 24.3 Å². The van der Waals surface area contributed by atoms with Gasteiger partial charge in [-0.1, -0.05) is 18.2 Å². The Morgan fingerprint density at radius 1 is 1.30 bits per heavy atom. The average molecular weight is 270 g/mol. The van der Waals surface area contributed by atoms with E-state index in [1.807, 2.05) is 47.4 Å². The van der Waals surface area contributed by atoms with Gasteiger partial charge in [-0.2, -0.15) is 5.10 Å². The van der Waals surface area contributed by atoms with E-state index in [0.29, 0.717) is 19.1 Å². The molecule has 2 N–H and O–H groups in total. The minimum atomic E-state index is 0.0722. The molecule has 5 nitrogen and oxygen atoms in total. The number of hydrogen-bond donors (Lipinski definition) is 2. The molecule has 1 aromatic heterocycles. The van der Waals surface area contributed by atoms with Crippen molar-refractivity contribution >= 4 is 5.91 Å². The zero-order chi connectivity index (χ0) is 13.8. The molecule has 1 fully saturated rings. The summed E-state index contributed by atoms with van der Waals surface area (Å²) in [6.07, 6.45) is 6.03. The van der Waals surface area contributed by atoms with Crippen LogP contribution in [0.1, 0.15) is 18.4 Å². The Labute approximate surface area is 118 Å². The molecule has 0 radical (unpaired) electrons. The van der Waals surface area contributed by atoms with Crippen molar-refractivity contribution in [1.82, 2.24) is 20.4 Å². The maximum atomic E-state index is 11.5. The highest BCUT2D eigenvalue weighted by molar-refractivity contribution is 5.78. The molecule has 0 unspecified atom stereocenters. The number of rotatable bonds is 6. The van der Waals surface area contributed by atoms with Crippen LogP contribution in [0.5, 0.6) is 0 Å². The topological polar surface area (TPSA) is 59.0 Å². The highest BCUT2D eigenvalue weighted by atomic mass is 16.2. The molecular weight excluding hydrogens is 252 g/mol. The van der Waals surface area contributed by atoms with Crippen LogP contribution >= 0.6 is 0 Å². The van der Waals surface area contributed by atoms with Gasteiger partial charge in [-0.15, -0.1) is 0 Å². The van der Waals surface area contributed by atoms with E-state index >= 15 is 0 Å². The first-order chi connectivity index (χ1) is 9.81. The van der Waals surface area contributed by atoms with Crippen LogP contribution in [0.15, 0.2) is 42.7 Å². The summed E-state index contributed by atoms with van der Waals surface area (Å²) < 4.78 is 1.83. The number of para-hydroxylation sites is 1. The Balaban J connectivity index is 1.48. The van der Waals surface area contributed by atoms with Crippen molar-refractivity contribution in [2.45, 2.75) is 25.4 Å². The first kappa shape index (κ1) is 12.9. The Bertz CT molecular complexity index is 575. The lowest BCUT2D eigenvalue weighted by atomic mass is 10.3. The molecule has 3 rings (SSSR count). The lowest BCUT2D eigenvalue weighted by Crippen LogP contribution is -2.34. The van der Waals surface area contributed by atoms with E-state index in [-0.39, 0.29) is 5.91 Å². The molecule has 104 valence electrons. The van der Waals surface area contributed by atoms with E-state index in [1.54, 1.807) is 0 Å². The maximum absolute atomic E-state index is 11.5. The fourth-order valence-corrected chi connectivity index (χ4v) is 2.00. The molecule has 1 aromatic carbocycles. The summed E-state index contributed by atoms with van der Waals surface area (Å²) in [7, 11) is 0. The van der Waals surface area contributed by atoms with Gasteiger partial charge in [0.2, 0.25) is 5.91 Å². The van der Waals surface area contributed by atoms with Crippen LogP contribution in [0.4, 0.5) is 0 Å². The van der Waals surface area contributed by atoms with Crippen LogP contribution in [0, 0.1) is 0 Å². The van der Waals surface area contributed by atoms with Crippen molar-refractivity contribution in [1.29, 1.82) is 0 Å². The first-order valence-corrected chi connectivity index (χ1v) is 6.90. The summed E-state index contributed by atoms with van der Waals surface area (Å²) >= 11 is 0. The quantitative estimate of drug-likeness (QED) is 0.830. The molecule has 5 heteroatoms. The predicted molar refractivity (Wildman–Crippen MR) is 76.4 cm³/mol. The van der Waals surface area contributed by atoms with E-state index < -0.39 is 0 Å². The Kier molecular flexibility index (Phi) is 3.78. The monoisotopic (exact) mass is 270 g/mol. The van der Waals surface area contributed by atoms with Crippen molar-refractivity contribution in [3.05, 3.63) is 48.3 Å². The van der Waals surface area contributed by atoms with Gasteiger partial charge >= 0.3 is 0 Å². The zero-order valence-corrected chi connectivity index (χ0v) is 11.2. The highest BCUT2D eigenvalue weighted by Crippen LogP contribution is 2.18. The second kappa shape index (κ2) is 5.88. The van der Waals surface area contributed by atoms with Gasteiger partial charge in [0.1, 0.15) is 0 Å². The minimum absolute atomic E-state index is 0.0722. The summed E-state index contributed by atoms with van der Waals surface area (Å²) in [5.41, 5.74) is 2.10. The third-order valence-corrected chi connectivity index (χ3v) is 3.21. The zero-order valence-electron chi connectivity index (χ0n) is 11.2. The molecule has 1 aliphatic carbocycles. The molecule has 1 amide bonds. The fourth-order valence-electron chi connectivity index (χ4n) is 2.00. The smallest absolute Gasteiger partial charge is 0.234 e. The SMILES string of the molecule is O=C(CNCc1cnn(-c2ccccc2)c1)NC1CC1. The molecule has 2 aromatic rings. The lowest BCUT2D eigenvalue weighted by Gasteiger charge is -2.04. The van der Waals surface area contributed by atoms with Crippen molar-refractivity contribution in [3.8, 4) is 5.69 Å². The van der Waals surface area contributed by atoms with Crippen LogP contribution in [-0.4, -0.2) is 28.3 Å². The van der Waals surface area contributed by atoms with Crippen LogP contribution in [0.2, 0.25) is 0 Å². The maximum Gasteiger partial charge on any atom is 0.234 e. The third-order valence-electron chi connectivity index (χ3n) is 3.21. The molecule has 0 aliphatic heterocycles. The number of benzene rings is 1. The Morgan fingerprint density at radius 3 is 2.85 bits per heavy atom. The number of hydrogen-bond acceptors (Lipinski definition) is 3. The Morgan fingerprint density at radius 2 is 2.10 bits per heavy atom. The van der Waals surface area contributed by atoms with E-state index in [0.717, 1.165) is 24.1 Å². The summed E-state index contributed by atoms with van der Waals surface area (Å²) in [5, 5.41) is 10.4. The largest absolute Gasteiger partial charge is 0.352 e. The minimum Gasteiger partial charge on any atom is -0.352 e. The second-order valence-corrected chi connectivity index (χ2v) is 5.07. The fraction of sp³-hybridized carbons (Fsp3) is 0.333. The van der Waals surface area contributed by atoms with Crippen molar-refractivity contribution in [2.75, 3.05) is 6.54 Å². The van der Waals surface area contributed by atoms with E-state index in [9.17, 15) is 4.79 Å². The molecule has 0 bridgehead atoms. The number of nitrogens with one attached hydrogen (secondary N) is 2. The Hall–Kier alpha value is -2.14. The van der Waals surface area contributed by atoms with Crippen LogP contribution < -0.4 is 10.6 Å². The third kappa shape index (κ3) is 3.45. The van der Waals surface area contributed by atoms with Crippen LogP contribution in [-0.2, 0) is 11.3 Å². The number of aromatic nitrogens is 2. The van der Waals surface area contributed by atoms with Crippen molar-refractivity contribution < 1.29 is 4.79 Å². The van der Waals surface area contributed by atoms with Gasteiger partial charge in [0.05, 0.1) is 18.4 Å². The lowest BCUT2D eigenvalue weighted by molar-refractivity contribution is -0.120. The highest BCUT2D eigenvalue weighted by Gasteiger charge is 2.22. The first-order valence-electron chi connectivity index (χ1n) is 6.90. The number of carbonyl (C=O) groups is 1. The van der Waals surface area contributed by atoms with Gasteiger partial charge in [-0.3, -0.25) is 4.79 Å². The van der Waals surface area contributed by atoms with Crippen LogP contribution in [0.25, 0.3) is 5.69 Å². The molecular formula is C15H18N4O. The number of nitrogens with zero attached hydrogens (tertiary/aromatic N) is 2. The molecule has 1 saturated carbocycles. The van der Waals surface area contributed by atoms with E-state index in [2.05, 4.69) is 15.7 Å². The van der Waals surface area contributed by atoms with Gasteiger partial charge in [-0.05, 0) is 25.0 Å². The normalized spacial score (nSPS) is 14.2. The van der Waals surface area contributed by atoms with E-state index in [4.69, 9.17) is 0 Å². The van der Waals surface area contributed by atoms with Gasteiger partial charge in [0.25, 0.3) is 0 Å². The van der Waals surface area contributed by atoms with Gasteiger partial charge < -0.3 is 10.6 Å². The van der Waals surface area contributed by atoms with Crippen LogP contribution in [0.3, 0.4) is 0 Å². The summed E-state index contributed by atoms with van der Waals surface area (Å²) in [6, 6.07) is 10.4. The van der Waals surface area contributed by atoms with Crippen molar-refractivity contribution in [3.63, 3.8) is 0 Å². The van der Waals surface area contributed by atoms with Gasteiger partial charge in [-0.25, -0.2) is 4.68 Å². The predicted octanol–water partition coefficient (Wildman–Crippen LogP) is 1.24. The van der Waals surface area contributed by atoms with E-state index in [1.165, 1.54) is 0 Å². The molecule has 0 saturated heterocycles. The molecule has 1 aliphatic rings. The molecule has 0 atom stereocenters. The number of amides is 1. The summed E-state index contributed by atoms with van der Waals surface area (Å²) in [6.45, 7) is 0.998. The summed E-state index contributed by atoms with van der Waals surface area (Å²) in [4.78, 5) is 11.5. The summed E-state index contributed by atoms with van der Waals surface area (Å²) in [5.74, 6) is 0.0722. The number of carbonyl (C=O) groups excluding carboxylic acids is 1. The average Bonchev–Trinajstić information content (AvgIpc) is 3.15. The standard InChI is InChI=1S/C15H18N4O/c20-15(18-13-6-7-13)10-16-8-12-9-17-19(11-12)14-4-2-1-3-5-14/h1-5,9,11,13,16H,6-8,10H2,(H,18,20). The van der Waals surface area contributed by atoms with Gasteiger partial charge in [0.15, 0.2) is 0 Å². The molecule has 1 heterocycles. The molecule has 0 spiro atoms.